The molecule has 1 heterocycles. The Morgan fingerprint density at radius 2 is 1.73 bits per heavy atom. The van der Waals surface area contributed by atoms with Gasteiger partial charge in [-0.2, -0.15) is 0 Å². The lowest BCUT2D eigenvalue weighted by Gasteiger charge is -2.11. The van der Waals surface area contributed by atoms with Gasteiger partial charge >= 0.3 is 5.97 Å². The summed E-state index contributed by atoms with van der Waals surface area (Å²) in [5.74, 6) is -1.14. The number of esters is 1. The highest BCUT2D eigenvalue weighted by molar-refractivity contribution is 6.30. The molecule has 8 heteroatoms. The highest BCUT2D eigenvalue weighted by Crippen LogP contribution is 2.28. The molecule has 0 saturated heterocycles. The highest BCUT2D eigenvalue weighted by atomic mass is 35.5. The molecule has 0 amide bonds. The maximum Gasteiger partial charge on any atom is 0.339 e. The van der Waals surface area contributed by atoms with Crippen molar-refractivity contribution in [3.8, 4) is 11.3 Å². The molecular weight excluding hydrogens is 444 g/mol. The number of para-hydroxylation sites is 1. The normalized spacial score (nSPS) is 10.7. The number of nitrogens with zero attached hydrogens (tertiary/aromatic N) is 2. The summed E-state index contributed by atoms with van der Waals surface area (Å²) in [6.45, 7) is 1.40. The van der Waals surface area contributed by atoms with Crippen LogP contribution in [0.4, 0.5) is 5.69 Å². The second-order valence-corrected chi connectivity index (χ2v) is 7.77. The van der Waals surface area contributed by atoms with E-state index in [-0.39, 0.29) is 16.8 Å². The van der Waals surface area contributed by atoms with Crippen molar-refractivity contribution in [2.75, 3.05) is 6.61 Å². The summed E-state index contributed by atoms with van der Waals surface area (Å²) in [5, 5.41) is 12.0. The van der Waals surface area contributed by atoms with Crippen LogP contribution in [-0.2, 0) is 4.74 Å². The Labute approximate surface area is 193 Å². The number of fused-ring (bicyclic) bond motifs is 1. The average molecular weight is 461 g/mol. The van der Waals surface area contributed by atoms with Crippen LogP contribution in [0.3, 0.4) is 0 Å². The van der Waals surface area contributed by atoms with Crippen LogP contribution in [-0.4, -0.2) is 28.3 Å². The average Bonchev–Trinajstić information content (AvgIpc) is 2.82. The van der Waals surface area contributed by atoms with Crippen molar-refractivity contribution in [2.24, 2.45) is 0 Å². The molecule has 1 aromatic heterocycles. The Morgan fingerprint density at radius 3 is 2.39 bits per heavy atom. The third kappa shape index (κ3) is 4.73. The first kappa shape index (κ1) is 22.1. The summed E-state index contributed by atoms with van der Waals surface area (Å²) in [4.78, 5) is 40.3. The van der Waals surface area contributed by atoms with Crippen molar-refractivity contribution in [2.45, 2.75) is 6.92 Å². The van der Waals surface area contributed by atoms with E-state index >= 15 is 0 Å². The van der Waals surface area contributed by atoms with E-state index < -0.39 is 23.3 Å². The summed E-state index contributed by atoms with van der Waals surface area (Å²) >= 11 is 5.99. The predicted molar refractivity (Wildman–Crippen MR) is 125 cm³/mol. The van der Waals surface area contributed by atoms with E-state index in [1.807, 2.05) is 31.2 Å². The Balaban J connectivity index is 1.63. The largest absolute Gasteiger partial charge is 0.454 e. The number of non-ortho nitro benzene ring substituents is 1. The minimum absolute atomic E-state index is 0.128. The molecule has 0 radical (unpaired) electrons. The molecule has 0 aliphatic rings. The second-order valence-electron chi connectivity index (χ2n) is 7.34. The van der Waals surface area contributed by atoms with Crippen LogP contribution in [0, 0.1) is 17.0 Å². The number of aromatic nitrogens is 1. The molecule has 4 aromatic rings. The molecule has 33 heavy (non-hydrogen) atoms. The minimum Gasteiger partial charge on any atom is -0.454 e. The number of pyridine rings is 1. The molecule has 0 N–H and O–H groups in total. The van der Waals surface area contributed by atoms with Gasteiger partial charge in [-0.25, -0.2) is 9.78 Å². The molecular formula is C25H17ClN2O5. The fourth-order valence-electron chi connectivity index (χ4n) is 3.39. The van der Waals surface area contributed by atoms with Crippen LogP contribution >= 0.6 is 11.6 Å². The SMILES string of the molecule is Cc1cccc2c(C(=O)OCC(=O)c3ccc([N+](=O)[O-])cc3)cc(-c3ccc(Cl)cc3)nc12. The first-order chi connectivity index (χ1) is 15.8. The van der Waals surface area contributed by atoms with Crippen molar-refractivity contribution in [3.63, 3.8) is 0 Å². The van der Waals surface area contributed by atoms with Crippen LogP contribution in [0.5, 0.6) is 0 Å². The van der Waals surface area contributed by atoms with E-state index in [9.17, 15) is 19.7 Å². The molecule has 0 spiro atoms. The van der Waals surface area contributed by atoms with Gasteiger partial charge in [0, 0.05) is 33.7 Å². The fourth-order valence-corrected chi connectivity index (χ4v) is 3.52. The number of nitro groups is 1. The maximum atomic E-state index is 13.0. The van der Waals surface area contributed by atoms with E-state index in [4.69, 9.17) is 21.3 Å². The van der Waals surface area contributed by atoms with Gasteiger partial charge in [0.1, 0.15) is 0 Å². The first-order valence-electron chi connectivity index (χ1n) is 9.94. The third-order valence-electron chi connectivity index (χ3n) is 5.14. The van der Waals surface area contributed by atoms with E-state index in [1.165, 1.54) is 24.3 Å². The number of benzene rings is 3. The van der Waals surface area contributed by atoms with Crippen molar-refractivity contribution in [1.82, 2.24) is 4.98 Å². The van der Waals surface area contributed by atoms with Crippen LogP contribution in [0.25, 0.3) is 22.2 Å². The van der Waals surface area contributed by atoms with Gasteiger partial charge in [0.25, 0.3) is 5.69 Å². The molecule has 3 aromatic carbocycles. The van der Waals surface area contributed by atoms with Gasteiger partial charge in [0.2, 0.25) is 0 Å². The fraction of sp³-hybridized carbons (Fsp3) is 0.0800. The van der Waals surface area contributed by atoms with E-state index in [0.29, 0.717) is 21.6 Å². The van der Waals surface area contributed by atoms with Crippen LogP contribution < -0.4 is 0 Å². The monoisotopic (exact) mass is 460 g/mol. The second kappa shape index (κ2) is 9.18. The lowest BCUT2D eigenvalue weighted by Crippen LogP contribution is -2.15. The topological polar surface area (TPSA) is 99.4 Å². The summed E-state index contributed by atoms with van der Waals surface area (Å²) in [5.41, 5.74) is 3.26. The van der Waals surface area contributed by atoms with Crippen LogP contribution in [0.2, 0.25) is 5.02 Å². The van der Waals surface area contributed by atoms with E-state index in [1.54, 1.807) is 24.3 Å². The first-order valence-corrected chi connectivity index (χ1v) is 10.3. The van der Waals surface area contributed by atoms with Gasteiger partial charge in [-0.15, -0.1) is 0 Å². The zero-order valence-electron chi connectivity index (χ0n) is 17.4. The molecule has 0 bridgehead atoms. The number of ketones is 1. The number of halogens is 1. The molecule has 0 atom stereocenters. The van der Waals surface area contributed by atoms with Gasteiger partial charge < -0.3 is 4.74 Å². The zero-order chi connectivity index (χ0) is 23.5. The minimum atomic E-state index is -0.668. The van der Waals surface area contributed by atoms with Gasteiger partial charge in [0.15, 0.2) is 12.4 Å². The maximum absolute atomic E-state index is 13.0. The summed E-state index contributed by atoms with van der Waals surface area (Å²) in [6, 6.07) is 19.3. The molecule has 4 rings (SSSR count). The van der Waals surface area contributed by atoms with Crippen LogP contribution in [0.15, 0.2) is 72.8 Å². The van der Waals surface area contributed by atoms with E-state index in [2.05, 4.69) is 0 Å². The zero-order valence-corrected chi connectivity index (χ0v) is 18.2. The summed E-state index contributed by atoms with van der Waals surface area (Å²) in [6.07, 6.45) is 0. The molecule has 7 nitrogen and oxygen atoms in total. The molecule has 164 valence electrons. The van der Waals surface area contributed by atoms with Crippen LogP contribution in [0.1, 0.15) is 26.3 Å². The molecule has 0 aliphatic heterocycles. The Morgan fingerprint density at radius 1 is 1.03 bits per heavy atom. The number of nitro benzene ring substituents is 1. The lowest BCUT2D eigenvalue weighted by molar-refractivity contribution is -0.384. The predicted octanol–water partition coefficient (Wildman–Crippen LogP) is 5.81. The molecule has 0 saturated carbocycles. The Bertz CT molecular complexity index is 1380. The number of carbonyl (C=O) groups excluding carboxylic acids is 2. The van der Waals surface area contributed by atoms with Crippen molar-refractivity contribution in [1.29, 1.82) is 0 Å². The highest BCUT2D eigenvalue weighted by Gasteiger charge is 2.18. The quantitative estimate of drug-likeness (QED) is 0.156. The van der Waals surface area contributed by atoms with Crippen molar-refractivity contribution < 1.29 is 19.2 Å². The standard InChI is InChI=1S/C25H17ClN2O5/c1-15-3-2-4-20-21(13-22(27-24(15)20)16-5-9-18(26)10-6-16)25(30)33-14-23(29)17-7-11-19(12-8-17)28(31)32/h2-13H,14H2,1H3. The molecule has 0 unspecified atom stereocenters. The molecule has 0 aliphatic carbocycles. The lowest BCUT2D eigenvalue weighted by atomic mass is 10.0. The van der Waals surface area contributed by atoms with Crippen molar-refractivity contribution in [3.05, 3.63) is 105 Å². The number of carbonyl (C=O) groups is 2. The van der Waals surface area contributed by atoms with Gasteiger partial charge in [-0.3, -0.25) is 14.9 Å². The summed E-state index contributed by atoms with van der Waals surface area (Å²) < 4.78 is 5.31. The van der Waals surface area contributed by atoms with Gasteiger partial charge in [-0.1, -0.05) is 41.9 Å². The number of hydrogen-bond donors (Lipinski definition) is 0. The smallest absolute Gasteiger partial charge is 0.339 e. The number of rotatable bonds is 6. The number of Topliss-reactive ketones (excluding diaryl/α,β-unsaturated/α-hetero) is 1. The molecule has 0 fully saturated rings. The van der Waals surface area contributed by atoms with E-state index in [0.717, 1.165) is 11.1 Å². The van der Waals surface area contributed by atoms with Gasteiger partial charge in [0.05, 0.1) is 21.7 Å². The Hall–Kier alpha value is -4.10. The van der Waals surface area contributed by atoms with Crippen molar-refractivity contribution >= 4 is 39.9 Å². The summed E-state index contributed by atoms with van der Waals surface area (Å²) in [7, 11) is 0. The number of aryl methyl sites for hydroxylation is 1. The van der Waals surface area contributed by atoms with Gasteiger partial charge in [-0.05, 0) is 42.8 Å². The number of hydrogen-bond acceptors (Lipinski definition) is 6. The number of ether oxygens (including phenoxy) is 1. The Kier molecular flexibility index (Phi) is 6.15. The third-order valence-corrected chi connectivity index (χ3v) is 5.39.